The molecular weight excluding hydrogens is 227 g/mol. The summed E-state index contributed by atoms with van der Waals surface area (Å²) in [5, 5.41) is 0.370. The number of rotatable bonds is 2. The number of halogens is 2. The van der Waals surface area contributed by atoms with E-state index in [1.807, 2.05) is 0 Å². The van der Waals surface area contributed by atoms with Crippen LogP contribution in [0.1, 0.15) is 10.4 Å². The average molecular weight is 235 g/mol. The lowest BCUT2D eigenvalue weighted by Gasteiger charge is -2.05. The topological polar surface area (TPSA) is 17.1 Å². The van der Waals surface area contributed by atoms with Crippen LogP contribution in [0.2, 0.25) is 5.02 Å². The minimum atomic E-state index is -0.330. The number of aldehydes is 1. The van der Waals surface area contributed by atoms with Crippen molar-refractivity contribution in [1.29, 1.82) is 0 Å². The van der Waals surface area contributed by atoms with E-state index in [1.165, 1.54) is 12.1 Å². The highest BCUT2D eigenvalue weighted by atomic mass is 35.5. The van der Waals surface area contributed by atoms with Gasteiger partial charge in [-0.15, -0.1) is 0 Å². The van der Waals surface area contributed by atoms with Gasteiger partial charge in [-0.25, -0.2) is 4.39 Å². The van der Waals surface area contributed by atoms with Gasteiger partial charge in [0.1, 0.15) is 12.1 Å². The molecule has 1 nitrogen and oxygen atoms in total. The number of carbonyl (C=O) groups is 1. The zero-order valence-corrected chi connectivity index (χ0v) is 9.04. The Bertz CT molecular complexity index is 537. The molecule has 16 heavy (non-hydrogen) atoms. The van der Waals surface area contributed by atoms with Crippen molar-refractivity contribution in [3.63, 3.8) is 0 Å². The third-order valence-electron chi connectivity index (χ3n) is 2.29. The predicted molar refractivity (Wildman–Crippen MR) is 62.2 cm³/mol. The lowest BCUT2D eigenvalue weighted by Crippen LogP contribution is -1.87. The number of hydrogen-bond donors (Lipinski definition) is 0. The van der Waals surface area contributed by atoms with Crippen LogP contribution in [0.15, 0.2) is 42.5 Å². The number of benzene rings is 2. The van der Waals surface area contributed by atoms with Gasteiger partial charge in [0.25, 0.3) is 0 Å². The summed E-state index contributed by atoms with van der Waals surface area (Å²) in [5.74, 6) is -0.330. The van der Waals surface area contributed by atoms with E-state index in [9.17, 15) is 9.18 Å². The maximum absolute atomic E-state index is 13.5. The lowest BCUT2D eigenvalue weighted by molar-refractivity contribution is 0.112. The molecule has 0 amide bonds. The molecule has 0 heterocycles. The first-order valence-electron chi connectivity index (χ1n) is 4.72. The Morgan fingerprint density at radius 2 is 1.81 bits per heavy atom. The van der Waals surface area contributed by atoms with Crippen molar-refractivity contribution in [2.75, 3.05) is 0 Å². The second-order valence-corrected chi connectivity index (χ2v) is 3.74. The molecule has 2 rings (SSSR count). The van der Waals surface area contributed by atoms with Crippen molar-refractivity contribution in [3.8, 4) is 11.1 Å². The van der Waals surface area contributed by atoms with Gasteiger partial charge in [0.15, 0.2) is 0 Å². The number of hydrogen-bond acceptors (Lipinski definition) is 1. The maximum atomic E-state index is 13.5. The minimum absolute atomic E-state index is 0.330. The molecule has 0 unspecified atom stereocenters. The van der Waals surface area contributed by atoms with Gasteiger partial charge in [0, 0.05) is 21.7 Å². The van der Waals surface area contributed by atoms with E-state index in [-0.39, 0.29) is 5.82 Å². The zero-order chi connectivity index (χ0) is 11.5. The van der Waals surface area contributed by atoms with Gasteiger partial charge < -0.3 is 0 Å². The van der Waals surface area contributed by atoms with Crippen LogP contribution in [0, 0.1) is 5.82 Å². The summed E-state index contributed by atoms with van der Waals surface area (Å²) in [6, 6.07) is 11.2. The van der Waals surface area contributed by atoms with Crippen molar-refractivity contribution in [2.24, 2.45) is 0 Å². The molecule has 0 N–H and O–H groups in total. The molecule has 2 aromatic rings. The van der Waals surface area contributed by atoms with Crippen molar-refractivity contribution in [2.45, 2.75) is 0 Å². The number of carbonyl (C=O) groups excluding carboxylic acids is 1. The fourth-order valence-corrected chi connectivity index (χ4v) is 1.79. The summed E-state index contributed by atoms with van der Waals surface area (Å²) >= 11 is 5.99. The van der Waals surface area contributed by atoms with Gasteiger partial charge in [0.2, 0.25) is 0 Å². The Morgan fingerprint density at radius 3 is 2.44 bits per heavy atom. The summed E-state index contributed by atoms with van der Waals surface area (Å²) in [5.41, 5.74) is 1.50. The van der Waals surface area contributed by atoms with Crippen LogP contribution in [0.25, 0.3) is 11.1 Å². The van der Waals surface area contributed by atoms with Gasteiger partial charge >= 0.3 is 0 Å². The fourth-order valence-electron chi connectivity index (χ4n) is 1.50. The SMILES string of the molecule is O=Cc1ccc(-c2ccccc2F)c(Cl)c1. The Labute approximate surface area is 97.5 Å². The minimum Gasteiger partial charge on any atom is -0.298 e. The highest BCUT2D eigenvalue weighted by Crippen LogP contribution is 2.30. The molecule has 0 aliphatic heterocycles. The highest BCUT2D eigenvalue weighted by molar-refractivity contribution is 6.33. The first-order chi connectivity index (χ1) is 7.72. The van der Waals surface area contributed by atoms with E-state index in [0.717, 1.165) is 0 Å². The standard InChI is InChI=1S/C13H8ClFO/c14-12-7-9(8-16)5-6-10(12)11-3-1-2-4-13(11)15/h1-8H. The largest absolute Gasteiger partial charge is 0.298 e. The maximum Gasteiger partial charge on any atom is 0.150 e. The van der Waals surface area contributed by atoms with Crippen molar-refractivity contribution in [3.05, 3.63) is 58.9 Å². The van der Waals surface area contributed by atoms with Gasteiger partial charge in [-0.3, -0.25) is 4.79 Å². The fraction of sp³-hybridized carbons (Fsp3) is 0. The molecule has 0 aromatic heterocycles. The highest BCUT2D eigenvalue weighted by Gasteiger charge is 2.08. The summed E-state index contributed by atoms with van der Waals surface area (Å²) in [6.45, 7) is 0. The van der Waals surface area contributed by atoms with Crippen LogP contribution in [0.4, 0.5) is 4.39 Å². The molecule has 2 aromatic carbocycles. The Kier molecular flexibility index (Phi) is 3.02. The van der Waals surface area contributed by atoms with Crippen molar-refractivity contribution < 1.29 is 9.18 Å². The van der Waals surface area contributed by atoms with Crippen LogP contribution >= 0.6 is 11.6 Å². The van der Waals surface area contributed by atoms with Gasteiger partial charge in [0.05, 0.1) is 0 Å². The molecule has 0 saturated carbocycles. The molecule has 0 spiro atoms. The van der Waals surface area contributed by atoms with Crippen molar-refractivity contribution >= 4 is 17.9 Å². The van der Waals surface area contributed by atoms with Crippen LogP contribution in [-0.2, 0) is 0 Å². The third-order valence-corrected chi connectivity index (χ3v) is 2.61. The molecule has 0 saturated heterocycles. The summed E-state index contributed by atoms with van der Waals surface area (Å²) in [6.07, 6.45) is 0.705. The van der Waals surface area contributed by atoms with Gasteiger partial charge in [-0.2, -0.15) is 0 Å². The van der Waals surface area contributed by atoms with Crippen molar-refractivity contribution in [1.82, 2.24) is 0 Å². The van der Waals surface area contributed by atoms with Crippen LogP contribution in [0.5, 0.6) is 0 Å². The van der Waals surface area contributed by atoms with E-state index in [1.54, 1.807) is 30.3 Å². The summed E-state index contributed by atoms with van der Waals surface area (Å²) in [7, 11) is 0. The first kappa shape index (κ1) is 10.8. The lowest BCUT2D eigenvalue weighted by atomic mass is 10.0. The van der Waals surface area contributed by atoms with Gasteiger partial charge in [-0.1, -0.05) is 41.9 Å². The van der Waals surface area contributed by atoms with Gasteiger partial charge in [-0.05, 0) is 12.1 Å². The Balaban J connectivity index is 2.57. The molecule has 0 aliphatic rings. The summed E-state index contributed by atoms with van der Waals surface area (Å²) in [4.78, 5) is 10.5. The van der Waals surface area contributed by atoms with Crippen LogP contribution in [-0.4, -0.2) is 6.29 Å². The zero-order valence-electron chi connectivity index (χ0n) is 8.28. The van der Waals surface area contributed by atoms with E-state index in [2.05, 4.69) is 0 Å². The van der Waals surface area contributed by atoms with E-state index in [0.29, 0.717) is 28.0 Å². The molecule has 0 atom stereocenters. The molecule has 0 bridgehead atoms. The van der Waals surface area contributed by atoms with Crippen LogP contribution < -0.4 is 0 Å². The average Bonchev–Trinajstić information content (AvgIpc) is 2.30. The monoisotopic (exact) mass is 234 g/mol. The van der Waals surface area contributed by atoms with E-state index in [4.69, 9.17) is 11.6 Å². The molecule has 80 valence electrons. The van der Waals surface area contributed by atoms with E-state index < -0.39 is 0 Å². The quantitative estimate of drug-likeness (QED) is 0.719. The molecule has 0 radical (unpaired) electrons. The Morgan fingerprint density at radius 1 is 1.06 bits per heavy atom. The molecule has 0 aliphatic carbocycles. The smallest absolute Gasteiger partial charge is 0.150 e. The molecule has 3 heteroatoms. The third kappa shape index (κ3) is 1.97. The Hall–Kier alpha value is -1.67. The predicted octanol–water partition coefficient (Wildman–Crippen LogP) is 3.96. The first-order valence-corrected chi connectivity index (χ1v) is 5.10. The normalized spacial score (nSPS) is 10.1. The second kappa shape index (κ2) is 4.45. The van der Waals surface area contributed by atoms with E-state index >= 15 is 0 Å². The van der Waals surface area contributed by atoms with Crippen LogP contribution in [0.3, 0.4) is 0 Å². The molecular formula is C13H8ClFO. The second-order valence-electron chi connectivity index (χ2n) is 3.34. The molecule has 0 fully saturated rings. The summed E-state index contributed by atoms with van der Waals surface area (Å²) < 4.78 is 13.5.